The minimum atomic E-state index is -0.518. The van der Waals surface area contributed by atoms with E-state index in [-0.39, 0.29) is 6.10 Å². The zero-order valence-corrected chi connectivity index (χ0v) is 17.8. The zero-order valence-electron chi connectivity index (χ0n) is 17.0. The zero-order chi connectivity index (χ0) is 20.3. The molecular formula is C22H27N5O2S. The van der Waals surface area contributed by atoms with E-state index in [9.17, 15) is 5.11 Å². The molecule has 0 bridgehead atoms. The summed E-state index contributed by atoms with van der Waals surface area (Å²) in [6.07, 6.45) is 6.05. The highest BCUT2D eigenvalue weighted by atomic mass is 32.1. The Balaban J connectivity index is 1.26. The summed E-state index contributed by atoms with van der Waals surface area (Å²) in [5.74, 6) is 0.707. The summed E-state index contributed by atoms with van der Waals surface area (Å²) in [5, 5.41) is 13.3. The number of aliphatic hydroxyl groups excluding tert-OH is 1. The molecule has 7 nitrogen and oxygen atoms in total. The Hall–Kier alpha value is -2.29. The lowest BCUT2D eigenvalue weighted by atomic mass is 10.1. The highest BCUT2D eigenvalue weighted by molar-refractivity contribution is 7.07. The van der Waals surface area contributed by atoms with Crippen molar-refractivity contribution in [2.75, 3.05) is 37.6 Å². The largest absolute Gasteiger partial charge is 0.474 e. The van der Waals surface area contributed by atoms with E-state index in [1.807, 2.05) is 5.38 Å². The van der Waals surface area contributed by atoms with Crippen LogP contribution in [0.2, 0.25) is 0 Å². The number of piperazine rings is 1. The first-order valence-electron chi connectivity index (χ1n) is 10.7. The van der Waals surface area contributed by atoms with Crippen LogP contribution in [0.4, 0.5) is 5.69 Å². The van der Waals surface area contributed by atoms with E-state index in [2.05, 4.69) is 43.0 Å². The van der Waals surface area contributed by atoms with Gasteiger partial charge in [-0.25, -0.2) is 15.0 Å². The lowest BCUT2D eigenvalue weighted by Gasteiger charge is -2.36. The average Bonchev–Trinajstić information content (AvgIpc) is 3.49. The second kappa shape index (κ2) is 8.83. The van der Waals surface area contributed by atoms with Crippen molar-refractivity contribution in [2.45, 2.75) is 37.9 Å². The van der Waals surface area contributed by atoms with Gasteiger partial charge in [0.1, 0.15) is 18.5 Å². The van der Waals surface area contributed by atoms with E-state index >= 15 is 0 Å². The molecule has 0 amide bonds. The number of rotatable bonds is 6. The van der Waals surface area contributed by atoms with Crippen molar-refractivity contribution >= 4 is 27.9 Å². The molecule has 1 unspecified atom stereocenters. The van der Waals surface area contributed by atoms with Crippen LogP contribution in [-0.2, 0) is 0 Å². The van der Waals surface area contributed by atoms with Crippen molar-refractivity contribution in [3.8, 4) is 5.88 Å². The Bertz CT molecular complexity index is 969. The third-order valence-corrected chi connectivity index (χ3v) is 6.73. The maximum atomic E-state index is 10.4. The molecule has 1 atom stereocenters. The standard InChI is InChI=1S/C22H27N5O2S/c28-21(20-13-30-15-25-20)12-26-7-9-27(10-8-26)16-5-6-19-18(11-16)22(24-14-23-19)29-17-3-1-2-4-17/h5-6,11,13-15,17,21,28H,1-4,7-10,12H2. The molecule has 30 heavy (non-hydrogen) atoms. The van der Waals surface area contributed by atoms with Crippen LogP contribution >= 0.6 is 11.3 Å². The number of nitrogens with zero attached hydrogens (tertiary/aromatic N) is 5. The van der Waals surface area contributed by atoms with Crippen LogP contribution in [0, 0.1) is 0 Å². The molecule has 2 fully saturated rings. The van der Waals surface area contributed by atoms with E-state index in [0.29, 0.717) is 12.4 Å². The number of aliphatic hydroxyl groups is 1. The van der Waals surface area contributed by atoms with Crippen molar-refractivity contribution in [1.82, 2.24) is 19.9 Å². The van der Waals surface area contributed by atoms with Crippen LogP contribution in [0.1, 0.15) is 37.5 Å². The van der Waals surface area contributed by atoms with Crippen LogP contribution in [0.3, 0.4) is 0 Å². The molecule has 158 valence electrons. The van der Waals surface area contributed by atoms with Crippen molar-refractivity contribution in [3.05, 3.63) is 41.1 Å². The van der Waals surface area contributed by atoms with Gasteiger partial charge in [0.2, 0.25) is 5.88 Å². The fourth-order valence-corrected chi connectivity index (χ4v) is 4.99. The first-order valence-corrected chi connectivity index (χ1v) is 11.7. The first-order chi connectivity index (χ1) is 14.8. The minimum absolute atomic E-state index is 0.277. The maximum absolute atomic E-state index is 10.4. The second-order valence-corrected chi connectivity index (χ2v) is 8.84. The molecule has 2 aromatic heterocycles. The van der Waals surface area contributed by atoms with Crippen molar-refractivity contribution in [2.24, 2.45) is 0 Å². The third-order valence-electron chi connectivity index (χ3n) is 6.12. The summed E-state index contributed by atoms with van der Waals surface area (Å²) in [6.45, 7) is 4.29. The number of β-amino-alcohol motifs (C(OH)–C–C–N with tert-alkyl or cyclic N) is 1. The average molecular weight is 426 g/mol. The summed E-state index contributed by atoms with van der Waals surface area (Å²) in [6, 6.07) is 6.36. The molecule has 8 heteroatoms. The SMILES string of the molecule is OC(CN1CCN(c2ccc3ncnc(OC4CCCC4)c3c2)CC1)c1cscn1. The second-order valence-electron chi connectivity index (χ2n) is 8.12. The van der Waals surface area contributed by atoms with Crippen molar-refractivity contribution in [1.29, 1.82) is 0 Å². The molecule has 1 saturated heterocycles. The fraction of sp³-hybridized carbons (Fsp3) is 0.500. The van der Waals surface area contributed by atoms with Crippen LogP contribution in [0.15, 0.2) is 35.4 Å². The topological polar surface area (TPSA) is 74.6 Å². The lowest BCUT2D eigenvalue weighted by molar-refractivity contribution is 0.107. The first kappa shape index (κ1) is 19.7. The highest BCUT2D eigenvalue weighted by Crippen LogP contribution is 2.30. The number of hydrogen-bond acceptors (Lipinski definition) is 8. The van der Waals surface area contributed by atoms with Crippen LogP contribution in [0.25, 0.3) is 10.9 Å². The van der Waals surface area contributed by atoms with Crippen LogP contribution < -0.4 is 9.64 Å². The smallest absolute Gasteiger partial charge is 0.224 e. The van der Waals surface area contributed by atoms with Gasteiger partial charge in [0, 0.05) is 43.8 Å². The van der Waals surface area contributed by atoms with Gasteiger partial charge >= 0.3 is 0 Å². The van der Waals surface area contributed by atoms with Gasteiger partial charge in [-0.05, 0) is 43.9 Å². The summed E-state index contributed by atoms with van der Waals surface area (Å²) < 4.78 is 6.22. The summed E-state index contributed by atoms with van der Waals surface area (Å²) in [4.78, 5) is 17.8. The van der Waals surface area contributed by atoms with E-state index in [0.717, 1.165) is 55.6 Å². The van der Waals surface area contributed by atoms with Gasteiger partial charge in [-0.15, -0.1) is 11.3 Å². The molecular weight excluding hydrogens is 398 g/mol. The quantitative estimate of drug-likeness (QED) is 0.650. The monoisotopic (exact) mass is 425 g/mol. The number of ether oxygens (including phenoxy) is 1. The van der Waals surface area contributed by atoms with Gasteiger partial charge in [-0.1, -0.05) is 0 Å². The molecule has 3 aromatic rings. The maximum Gasteiger partial charge on any atom is 0.224 e. The number of benzene rings is 1. The highest BCUT2D eigenvalue weighted by Gasteiger charge is 2.22. The fourth-order valence-electron chi connectivity index (χ4n) is 4.39. The summed E-state index contributed by atoms with van der Waals surface area (Å²) in [5.41, 5.74) is 4.64. The molecule has 1 N–H and O–H groups in total. The van der Waals surface area contributed by atoms with Gasteiger partial charge in [-0.2, -0.15) is 0 Å². The predicted molar refractivity (Wildman–Crippen MR) is 118 cm³/mol. The molecule has 0 spiro atoms. The number of aromatic nitrogens is 3. The Morgan fingerprint density at radius 2 is 1.93 bits per heavy atom. The van der Waals surface area contributed by atoms with E-state index in [1.54, 1.807) is 11.8 Å². The van der Waals surface area contributed by atoms with Gasteiger partial charge < -0.3 is 14.7 Å². The van der Waals surface area contributed by atoms with Gasteiger partial charge in [0.15, 0.2) is 0 Å². The number of hydrogen-bond donors (Lipinski definition) is 1. The van der Waals surface area contributed by atoms with E-state index in [1.165, 1.54) is 29.9 Å². The Morgan fingerprint density at radius 3 is 2.70 bits per heavy atom. The van der Waals surface area contributed by atoms with E-state index in [4.69, 9.17) is 4.74 Å². The molecule has 3 heterocycles. The predicted octanol–water partition coefficient (Wildman–Crippen LogP) is 3.26. The third kappa shape index (κ3) is 4.26. The van der Waals surface area contributed by atoms with Gasteiger partial charge in [-0.3, -0.25) is 4.90 Å². The Labute approximate surface area is 180 Å². The lowest BCUT2D eigenvalue weighted by Crippen LogP contribution is -2.47. The number of thiazole rings is 1. The Morgan fingerprint density at radius 1 is 1.10 bits per heavy atom. The molecule has 5 rings (SSSR count). The molecule has 1 aromatic carbocycles. The molecule has 2 aliphatic rings. The van der Waals surface area contributed by atoms with Crippen molar-refractivity contribution in [3.63, 3.8) is 0 Å². The molecule has 1 aliphatic heterocycles. The molecule has 1 aliphatic carbocycles. The van der Waals surface area contributed by atoms with E-state index < -0.39 is 6.10 Å². The number of fused-ring (bicyclic) bond motifs is 1. The molecule has 0 radical (unpaired) electrons. The van der Waals surface area contributed by atoms with Crippen molar-refractivity contribution < 1.29 is 9.84 Å². The van der Waals surface area contributed by atoms with Crippen LogP contribution in [0.5, 0.6) is 5.88 Å². The summed E-state index contributed by atoms with van der Waals surface area (Å²) >= 11 is 1.52. The minimum Gasteiger partial charge on any atom is -0.474 e. The van der Waals surface area contributed by atoms with Gasteiger partial charge in [0.05, 0.1) is 22.1 Å². The molecule has 1 saturated carbocycles. The van der Waals surface area contributed by atoms with Crippen LogP contribution in [-0.4, -0.2) is 63.8 Å². The summed E-state index contributed by atoms with van der Waals surface area (Å²) in [7, 11) is 0. The number of anilines is 1. The Kier molecular flexibility index (Phi) is 5.79. The van der Waals surface area contributed by atoms with Gasteiger partial charge in [0.25, 0.3) is 0 Å². The normalized spacial score (nSPS) is 19.4.